The molecule has 0 aromatic heterocycles. The number of anilines is 2. The molecule has 0 aliphatic rings. The van der Waals surface area contributed by atoms with Crippen LogP contribution in [0.15, 0.2) is 53.4 Å². The number of urea groups is 1. The smallest absolute Gasteiger partial charge is 0.323 e. The van der Waals surface area contributed by atoms with Crippen LogP contribution in [0, 0.1) is 0 Å². The first-order valence-electron chi connectivity index (χ1n) is 6.66. The lowest BCUT2D eigenvalue weighted by molar-refractivity contribution is 0.262. The predicted octanol–water partition coefficient (Wildman–Crippen LogP) is 4.45. The maximum atomic E-state index is 11.9. The van der Waals surface area contributed by atoms with Crippen LogP contribution < -0.4 is 15.4 Å². The van der Waals surface area contributed by atoms with Crippen molar-refractivity contribution < 1.29 is 9.53 Å². The van der Waals surface area contributed by atoms with Crippen molar-refractivity contribution in [1.29, 1.82) is 0 Å². The Morgan fingerprint density at radius 1 is 1.00 bits per heavy atom. The number of hydrogen-bond donors (Lipinski definition) is 2. The summed E-state index contributed by atoms with van der Waals surface area (Å²) in [6, 6.07) is 14.7. The summed E-state index contributed by atoms with van der Waals surface area (Å²) in [5.41, 5.74) is 1.48. The van der Waals surface area contributed by atoms with Gasteiger partial charge in [-0.3, -0.25) is 0 Å². The predicted molar refractivity (Wildman–Crippen MR) is 88.5 cm³/mol. The summed E-state index contributed by atoms with van der Waals surface area (Å²) in [5.74, 6) is 0.788. The SMILES string of the molecule is CCOc1ccc(NC(=O)Nc2ccc(SC)cc2)cc1. The van der Waals surface area contributed by atoms with E-state index < -0.39 is 0 Å². The highest BCUT2D eigenvalue weighted by Gasteiger charge is 2.03. The number of rotatable bonds is 5. The molecule has 0 saturated heterocycles. The van der Waals surface area contributed by atoms with Gasteiger partial charge in [0, 0.05) is 16.3 Å². The summed E-state index contributed by atoms with van der Waals surface area (Å²) in [7, 11) is 0. The fourth-order valence-corrected chi connectivity index (χ4v) is 2.18. The van der Waals surface area contributed by atoms with Gasteiger partial charge in [0.15, 0.2) is 0 Å². The van der Waals surface area contributed by atoms with Crippen molar-refractivity contribution in [2.45, 2.75) is 11.8 Å². The Kier molecular flexibility index (Phi) is 5.51. The minimum absolute atomic E-state index is 0.268. The molecule has 2 rings (SSSR count). The van der Waals surface area contributed by atoms with Gasteiger partial charge in [-0.25, -0.2) is 4.79 Å². The highest BCUT2D eigenvalue weighted by molar-refractivity contribution is 7.98. The number of carbonyl (C=O) groups is 1. The average Bonchev–Trinajstić information content (AvgIpc) is 2.50. The number of carbonyl (C=O) groups excluding carboxylic acids is 1. The normalized spacial score (nSPS) is 10.0. The fourth-order valence-electron chi connectivity index (χ4n) is 1.77. The summed E-state index contributed by atoms with van der Waals surface area (Å²) in [5, 5.41) is 5.57. The first-order valence-corrected chi connectivity index (χ1v) is 7.88. The van der Waals surface area contributed by atoms with Crippen LogP contribution in [-0.2, 0) is 0 Å². The third-order valence-corrected chi connectivity index (χ3v) is 3.51. The van der Waals surface area contributed by atoms with Crippen LogP contribution in [0.1, 0.15) is 6.92 Å². The number of benzene rings is 2. The molecule has 0 atom stereocenters. The lowest BCUT2D eigenvalue weighted by atomic mass is 10.3. The Bertz CT molecular complexity index is 582. The molecule has 5 heteroatoms. The highest BCUT2D eigenvalue weighted by atomic mass is 32.2. The van der Waals surface area contributed by atoms with Crippen LogP contribution in [-0.4, -0.2) is 18.9 Å². The molecular formula is C16H18N2O2S. The molecule has 0 fully saturated rings. The number of ether oxygens (including phenoxy) is 1. The fraction of sp³-hybridized carbons (Fsp3) is 0.188. The molecule has 4 nitrogen and oxygen atoms in total. The maximum Gasteiger partial charge on any atom is 0.323 e. The third kappa shape index (κ3) is 4.72. The molecule has 2 N–H and O–H groups in total. The van der Waals surface area contributed by atoms with Gasteiger partial charge in [0.05, 0.1) is 6.61 Å². The Labute approximate surface area is 128 Å². The maximum absolute atomic E-state index is 11.9. The Morgan fingerprint density at radius 2 is 1.52 bits per heavy atom. The topological polar surface area (TPSA) is 50.4 Å². The number of thioether (sulfide) groups is 1. The van der Waals surface area contributed by atoms with E-state index in [1.165, 1.54) is 0 Å². The number of nitrogens with one attached hydrogen (secondary N) is 2. The van der Waals surface area contributed by atoms with E-state index in [9.17, 15) is 4.79 Å². The highest BCUT2D eigenvalue weighted by Crippen LogP contribution is 2.18. The zero-order valence-corrected chi connectivity index (χ0v) is 12.9. The van der Waals surface area contributed by atoms with E-state index in [-0.39, 0.29) is 6.03 Å². The van der Waals surface area contributed by atoms with Crippen molar-refractivity contribution in [3.05, 3.63) is 48.5 Å². The lowest BCUT2D eigenvalue weighted by Crippen LogP contribution is -2.19. The third-order valence-electron chi connectivity index (χ3n) is 2.77. The van der Waals surface area contributed by atoms with E-state index in [2.05, 4.69) is 10.6 Å². The molecule has 0 saturated carbocycles. The molecule has 0 spiro atoms. The molecule has 0 unspecified atom stereocenters. The molecule has 0 aliphatic heterocycles. The summed E-state index contributed by atoms with van der Waals surface area (Å²) in [4.78, 5) is 13.0. The number of hydrogen-bond acceptors (Lipinski definition) is 3. The van der Waals surface area contributed by atoms with Gasteiger partial charge in [0.1, 0.15) is 5.75 Å². The van der Waals surface area contributed by atoms with Crippen LogP contribution in [0.5, 0.6) is 5.75 Å². The molecule has 0 bridgehead atoms. The van der Waals surface area contributed by atoms with Gasteiger partial charge in [-0.2, -0.15) is 0 Å². The molecule has 2 aromatic rings. The summed E-state index contributed by atoms with van der Waals surface area (Å²) < 4.78 is 5.35. The average molecular weight is 302 g/mol. The molecule has 0 aliphatic carbocycles. The molecule has 2 amide bonds. The minimum atomic E-state index is -0.268. The first kappa shape index (κ1) is 15.3. The van der Waals surface area contributed by atoms with Crippen molar-refractivity contribution in [3.8, 4) is 5.75 Å². The quantitative estimate of drug-likeness (QED) is 0.802. The van der Waals surface area contributed by atoms with Crippen molar-refractivity contribution in [2.24, 2.45) is 0 Å². The van der Waals surface area contributed by atoms with Crippen LogP contribution in [0.2, 0.25) is 0 Å². The molecular weight excluding hydrogens is 284 g/mol. The zero-order chi connectivity index (χ0) is 15.1. The van der Waals surface area contributed by atoms with Crippen LogP contribution in [0.25, 0.3) is 0 Å². The van der Waals surface area contributed by atoms with Gasteiger partial charge in [0.25, 0.3) is 0 Å². The van der Waals surface area contributed by atoms with E-state index >= 15 is 0 Å². The van der Waals surface area contributed by atoms with E-state index in [4.69, 9.17) is 4.74 Å². The monoisotopic (exact) mass is 302 g/mol. The van der Waals surface area contributed by atoms with Gasteiger partial charge in [-0.05, 0) is 61.7 Å². The minimum Gasteiger partial charge on any atom is -0.494 e. The van der Waals surface area contributed by atoms with Gasteiger partial charge >= 0.3 is 6.03 Å². The van der Waals surface area contributed by atoms with Gasteiger partial charge < -0.3 is 15.4 Å². The van der Waals surface area contributed by atoms with E-state index in [1.807, 2.05) is 49.6 Å². The zero-order valence-electron chi connectivity index (χ0n) is 12.1. The van der Waals surface area contributed by atoms with Crippen molar-refractivity contribution >= 4 is 29.2 Å². The summed E-state index contributed by atoms with van der Waals surface area (Å²) in [6.45, 7) is 2.56. The summed E-state index contributed by atoms with van der Waals surface area (Å²) >= 11 is 1.66. The molecule has 21 heavy (non-hydrogen) atoms. The van der Waals surface area contributed by atoms with Crippen molar-refractivity contribution in [1.82, 2.24) is 0 Å². The first-order chi connectivity index (χ1) is 10.2. The Balaban J connectivity index is 1.91. The molecule has 2 aromatic carbocycles. The van der Waals surface area contributed by atoms with Crippen LogP contribution in [0.4, 0.5) is 16.2 Å². The van der Waals surface area contributed by atoms with Crippen molar-refractivity contribution in [2.75, 3.05) is 23.5 Å². The van der Waals surface area contributed by atoms with E-state index in [0.717, 1.165) is 22.0 Å². The molecule has 110 valence electrons. The standard InChI is InChI=1S/C16H18N2O2S/c1-3-20-14-8-4-12(5-9-14)17-16(19)18-13-6-10-15(21-2)11-7-13/h4-11H,3H2,1-2H3,(H2,17,18,19). The van der Waals surface area contributed by atoms with Gasteiger partial charge in [-0.1, -0.05) is 0 Å². The Hall–Kier alpha value is -2.14. The Morgan fingerprint density at radius 3 is 2.00 bits per heavy atom. The lowest BCUT2D eigenvalue weighted by Gasteiger charge is -2.09. The second-order valence-electron chi connectivity index (χ2n) is 4.27. The molecule has 0 radical (unpaired) electrons. The van der Waals surface area contributed by atoms with Crippen LogP contribution in [0.3, 0.4) is 0 Å². The van der Waals surface area contributed by atoms with Gasteiger partial charge in [0.2, 0.25) is 0 Å². The molecule has 0 heterocycles. The number of amides is 2. The van der Waals surface area contributed by atoms with E-state index in [0.29, 0.717) is 6.61 Å². The summed E-state index contributed by atoms with van der Waals surface area (Å²) in [6.07, 6.45) is 2.01. The van der Waals surface area contributed by atoms with Gasteiger partial charge in [-0.15, -0.1) is 11.8 Å². The second-order valence-corrected chi connectivity index (χ2v) is 5.14. The van der Waals surface area contributed by atoms with E-state index in [1.54, 1.807) is 23.9 Å². The second kappa shape index (κ2) is 7.59. The largest absolute Gasteiger partial charge is 0.494 e. The van der Waals surface area contributed by atoms with Crippen LogP contribution >= 0.6 is 11.8 Å². The van der Waals surface area contributed by atoms with Crippen molar-refractivity contribution in [3.63, 3.8) is 0 Å².